The minimum atomic E-state index is -0.322. The van der Waals surface area contributed by atoms with E-state index in [1.54, 1.807) is 24.3 Å². The molecule has 1 amide bonds. The van der Waals surface area contributed by atoms with Crippen molar-refractivity contribution in [2.75, 3.05) is 11.9 Å². The molecule has 0 aliphatic rings. The van der Waals surface area contributed by atoms with Gasteiger partial charge in [-0.15, -0.1) is 0 Å². The molecule has 1 aromatic heterocycles. The Balaban J connectivity index is 1.60. The van der Waals surface area contributed by atoms with Crippen LogP contribution in [-0.4, -0.2) is 23.7 Å². The van der Waals surface area contributed by atoms with Crippen LogP contribution in [0.25, 0.3) is 0 Å². The van der Waals surface area contributed by atoms with Gasteiger partial charge in [0.15, 0.2) is 10.3 Å². The maximum absolute atomic E-state index is 12.1. The van der Waals surface area contributed by atoms with Crippen LogP contribution >= 0.6 is 22.9 Å². The van der Waals surface area contributed by atoms with E-state index in [2.05, 4.69) is 20.8 Å². The smallest absolute Gasteiger partial charge is 0.271 e. The summed E-state index contributed by atoms with van der Waals surface area (Å²) in [5, 5.41) is 8.09. The maximum atomic E-state index is 12.1. The summed E-state index contributed by atoms with van der Waals surface area (Å²) in [5.74, 6) is 0.394. The van der Waals surface area contributed by atoms with Gasteiger partial charge in [-0.2, -0.15) is 5.10 Å². The fraction of sp³-hybridized carbons (Fsp3) is 0.105. The van der Waals surface area contributed by atoms with E-state index in [1.165, 1.54) is 17.6 Å². The summed E-state index contributed by atoms with van der Waals surface area (Å²) in [5.41, 5.74) is 3.87. The third kappa shape index (κ3) is 5.29. The second-order valence-corrected chi connectivity index (χ2v) is 6.71. The summed E-state index contributed by atoms with van der Waals surface area (Å²) in [6.07, 6.45) is 1.47. The molecule has 0 radical (unpaired) electrons. The van der Waals surface area contributed by atoms with Gasteiger partial charge in [0.05, 0.1) is 17.7 Å². The van der Waals surface area contributed by atoms with Crippen LogP contribution in [0.2, 0.25) is 5.15 Å². The molecule has 0 unspecified atom stereocenters. The number of benzene rings is 2. The number of carbonyl (C=O) groups is 1. The molecule has 0 aliphatic heterocycles. The van der Waals surface area contributed by atoms with Gasteiger partial charge in [-0.3, -0.25) is 4.79 Å². The Morgan fingerprint density at radius 1 is 1.22 bits per heavy atom. The average molecular weight is 401 g/mol. The summed E-state index contributed by atoms with van der Waals surface area (Å²) in [6, 6.07) is 16.5. The monoisotopic (exact) mass is 400 g/mol. The van der Waals surface area contributed by atoms with Crippen LogP contribution in [0.1, 0.15) is 22.2 Å². The predicted molar refractivity (Wildman–Crippen MR) is 110 cm³/mol. The lowest BCUT2D eigenvalue weighted by molar-refractivity contribution is 0.0955. The molecule has 3 aromatic rings. The first kappa shape index (κ1) is 18.9. The van der Waals surface area contributed by atoms with Gasteiger partial charge in [0.2, 0.25) is 0 Å². The highest BCUT2D eigenvalue weighted by Gasteiger charge is 2.08. The van der Waals surface area contributed by atoms with Crippen molar-refractivity contribution in [3.63, 3.8) is 0 Å². The van der Waals surface area contributed by atoms with E-state index < -0.39 is 0 Å². The van der Waals surface area contributed by atoms with Crippen molar-refractivity contribution < 1.29 is 9.53 Å². The Labute approximate surface area is 165 Å². The van der Waals surface area contributed by atoms with Gasteiger partial charge >= 0.3 is 0 Å². The molecule has 2 aromatic carbocycles. The Morgan fingerprint density at radius 2 is 1.96 bits per heavy atom. The van der Waals surface area contributed by atoms with E-state index in [9.17, 15) is 4.79 Å². The van der Waals surface area contributed by atoms with Crippen LogP contribution in [0.3, 0.4) is 0 Å². The summed E-state index contributed by atoms with van der Waals surface area (Å²) >= 11 is 7.47. The Morgan fingerprint density at radius 3 is 2.67 bits per heavy atom. The molecule has 8 heteroatoms. The van der Waals surface area contributed by atoms with Crippen LogP contribution in [0, 0.1) is 0 Å². The number of carbonyl (C=O) groups excluding carboxylic acids is 1. The fourth-order valence-electron chi connectivity index (χ4n) is 2.17. The number of nitrogens with one attached hydrogen (secondary N) is 2. The van der Waals surface area contributed by atoms with E-state index in [1.807, 2.05) is 37.3 Å². The molecule has 138 valence electrons. The van der Waals surface area contributed by atoms with Gasteiger partial charge in [-0.1, -0.05) is 41.1 Å². The van der Waals surface area contributed by atoms with Crippen molar-refractivity contribution >= 4 is 45.9 Å². The number of hydrazone groups is 1. The molecule has 3 rings (SSSR count). The second-order valence-electron chi connectivity index (χ2n) is 5.32. The van der Waals surface area contributed by atoms with Crippen LogP contribution in [0.5, 0.6) is 5.75 Å². The first-order valence-electron chi connectivity index (χ1n) is 8.20. The molecule has 0 bridgehead atoms. The van der Waals surface area contributed by atoms with Crippen LogP contribution in [0.15, 0.2) is 59.7 Å². The van der Waals surface area contributed by atoms with E-state index in [-0.39, 0.29) is 5.91 Å². The third-order valence-electron chi connectivity index (χ3n) is 3.41. The number of nitrogens with zero attached hydrogens (tertiary/aromatic N) is 2. The predicted octanol–water partition coefficient (Wildman–Crippen LogP) is 4.70. The number of hydrogen-bond acceptors (Lipinski definition) is 6. The van der Waals surface area contributed by atoms with Gasteiger partial charge in [0.1, 0.15) is 5.75 Å². The fourth-order valence-corrected chi connectivity index (χ4v) is 3.22. The Hall–Kier alpha value is -2.90. The van der Waals surface area contributed by atoms with Crippen molar-refractivity contribution in [3.8, 4) is 5.75 Å². The zero-order chi connectivity index (χ0) is 19.1. The number of ether oxygens (including phenoxy) is 1. The Bertz CT molecular complexity index is 927. The molecule has 0 fully saturated rings. The minimum absolute atomic E-state index is 0.317. The van der Waals surface area contributed by atoms with Crippen LogP contribution in [0.4, 0.5) is 10.8 Å². The van der Waals surface area contributed by atoms with Gasteiger partial charge < -0.3 is 10.1 Å². The number of halogens is 1. The van der Waals surface area contributed by atoms with E-state index in [4.69, 9.17) is 16.3 Å². The SMILES string of the molecule is CCOc1ccc(C(=O)NN=Cc2sc(Nc3ccccc3)nc2Cl)cc1. The van der Waals surface area contributed by atoms with Gasteiger partial charge in [-0.25, -0.2) is 10.4 Å². The number of anilines is 2. The van der Waals surface area contributed by atoms with Crippen molar-refractivity contribution in [2.24, 2.45) is 5.10 Å². The first-order chi connectivity index (χ1) is 13.2. The summed E-state index contributed by atoms with van der Waals surface area (Å²) in [7, 11) is 0. The Kier molecular flexibility index (Phi) is 6.40. The molecular formula is C19H17ClN4O2S. The molecule has 6 nitrogen and oxygen atoms in total. The molecule has 0 aliphatic carbocycles. The highest BCUT2D eigenvalue weighted by molar-refractivity contribution is 7.17. The van der Waals surface area contributed by atoms with E-state index in [0.717, 1.165) is 5.69 Å². The van der Waals surface area contributed by atoms with Crippen molar-refractivity contribution in [3.05, 3.63) is 70.2 Å². The number of amides is 1. The average Bonchev–Trinajstić information content (AvgIpc) is 3.02. The number of thiazole rings is 1. The molecule has 0 spiro atoms. The van der Waals surface area contributed by atoms with E-state index in [0.29, 0.717) is 33.1 Å². The molecule has 0 atom stereocenters. The topological polar surface area (TPSA) is 75.6 Å². The number of para-hydroxylation sites is 1. The normalized spacial score (nSPS) is 10.7. The third-order valence-corrected chi connectivity index (χ3v) is 4.72. The molecule has 0 saturated carbocycles. The lowest BCUT2D eigenvalue weighted by Gasteiger charge is -2.03. The first-order valence-corrected chi connectivity index (χ1v) is 9.40. The molecule has 2 N–H and O–H groups in total. The zero-order valence-corrected chi connectivity index (χ0v) is 16.1. The van der Waals surface area contributed by atoms with Crippen molar-refractivity contribution in [1.82, 2.24) is 10.4 Å². The number of aromatic nitrogens is 1. The van der Waals surface area contributed by atoms with Crippen LogP contribution in [-0.2, 0) is 0 Å². The van der Waals surface area contributed by atoms with Crippen molar-refractivity contribution in [1.29, 1.82) is 0 Å². The number of rotatable bonds is 7. The standard InChI is InChI=1S/C19H17ClN4O2S/c1-2-26-15-10-8-13(9-11-15)18(25)24-21-12-16-17(20)23-19(27-16)22-14-6-4-3-5-7-14/h3-12H,2H2,1H3,(H,22,23)(H,24,25). The lowest BCUT2D eigenvalue weighted by Crippen LogP contribution is -2.17. The highest BCUT2D eigenvalue weighted by atomic mass is 35.5. The maximum Gasteiger partial charge on any atom is 0.271 e. The largest absolute Gasteiger partial charge is 0.494 e. The van der Waals surface area contributed by atoms with Gasteiger partial charge in [-0.05, 0) is 43.3 Å². The van der Waals surface area contributed by atoms with Gasteiger partial charge in [0.25, 0.3) is 5.91 Å². The summed E-state index contributed by atoms with van der Waals surface area (Å²) in [4.78, 5) is 17.0. The number of hydrogen-bond donors (Lipinski definition) is 2. The molecular weight excluding hydrogens is 384 g/mol. The quantitative estimate of drug-likeness (QED) is 0.445. The minimum Gasteiger partial charge on any atom is -0.494 e. The molecule has 27 heavy (non-hydrogen) atoms. The van der Waals surface area contributed by atoms with Crippen LogP contribution < -0.4 is 15.5 Å². The molecule has 0 saturated heterocycles. The van der Waals surface area contributed by atoms with E-state index >= 15 is 0 Å². The summed E-state index contributed by atoms with van der Waals surface area (Å²) < 4.78 is 5.35. The zero-order valence-electron chi connectivity index (χ0n) is 14.5. The second kappa shape index (κ2) is 9.16. The summed E-state index contributed by atoms with van der Waals surface area (Å²) in [6.45, 7) is 2.48. The highest BCUT2D eigenvalue weighted by Crippen LogP contribution is 2.27. The molecule has 1 heterocycles. The van der Waals surface area contributed by atoms with Crippen molar-refractivity contribution in [2.45, 2.75) is 6.92 Å². The van der Waals surface area contributed by atoms with Gasteiger partial charge in [0, 0.05) is 11.3 Å². The lowest BCUT2D eigenvalue weighted by atomic mass is 10.2.